The zero-order chi connectivity index (χ0) is 46.3. The molecule has 0 aliphatic carbocycles. The van der Waals surface area contributed by atoms with Gasteiger partial charge in [-0.05, 0) is 120 Å². The summed E-state index contributed by atoms with van der Waals surface area (Å²) in [4.78, 5) is 1.36. The highest BCUT2D eigenvalue weighted by molar-refractivity contribution is 6.04. The highest BCUT2D eigenvalue weighted by Crippen LogP contribution is 2.42. The molecule has 0 saturated carbocycles. The summed E-state index contributed by atoms with van der Waals surface area (Å²) in [5.74, 6) is 0. The second-order valence-electron chi connectivity index (χ2n) is 14.3. The number of anilines is 3. The number of fused-ring (bicyclic) bond motifs is 1. The van der Waals surface area contributed by atoms with Gasteiger partial charge in [0, 0.05) is 17.1 Å². The highest BCUT2D eigenvalue weighted by Gasteiger charge is 2.16. The molecule has 1 nitrogen and oxygen atoms in total. The first-order valence-corrected chi connectivity index (χ1v) is 19.6. The average molecular weight is 760 g/mol. The SMILES string of the molecule is [2H]c1c([2H])c(N(c2ccc(-c3ccc(-c4ccccc4)cc3)cc2)c2c([2H])c([2H])c(-c3c(-c4ccccc4)ccc4ccccc34)c([2H])c2[2H])c([2H])c([2H])c1-c1cccc(-c2ccccc2)c1. The van der Waals surface area contributed by atoms with Gasteiger partial charge in [0.1, 0.15) is 0 Å². The zero-order valence-corrected chi connectivity index (χ0v) is 32.0. The van der Waals surface area contributed by atoms with Gasteiger partial charge in [0.25, 0.3) is 0 Å². The summed E-state index contributed by atoms with van der Waals surface area (Å²) < 4.78 is 77.2. The third kappa shape index (κ3) is 7.34. The minimum atomic E-state index is -0.403. The van der Waals surface area contributed by atoms with Gasteiger partial charge in [-0.15, -0.1) is 0 Å². The Bertz CT molecular complexity index is 3410. The summed E-state index contributed by atoms with van der Waals surface area (Å²) >= 11 is 0. The van der Waals surface area contributed by atoms with Gasteiger partial charge in [0.2, 0.25) is 0 Å². The summed E-state index contributed by atoms with van der Waals surface area (Å²) in [6, 6.07) is 61.0. The van der Waals surface area contributed by atoms with Gasteiger partial charge >= 0.3 is 0 Å². The Hall–Kier alpha value is -7.74. The molecule has 1 heteroatoms. The predicted molar refractivity (Wildman–Crippen MR) is 251 cm³/mol. The lowest BCUT2D eigenvalue weighted by Crippen LogP contribution is -2.09. The van der Waals surface area contributed by atoms with Crippen LogP contribution in [0.3, 0.4) is 0 Å². The van der Waals surface area contributed by atoms with Gasteiger partial charge < -0.3 is 4.90 Å². The Morgan fingerprint density at radius 2 is 0.695 bits per heavy atom. The van der Waals surface area contributed by atoms with Crippen LogP contribution in [0, 0.1) is 0 Å². The fourth-order valence-electron chi connectivity index (χ4n) is 7.65. The van der Waals surface area contributed by atoms with Crippen LogP contribution >= 0.6 is 0 Å². The van der Waals surface area contributed by atoms with E-state index < -0.39 is 24.2 Å². The molecule has 0 unspecified atom stereocenters. The second-order valence-corrected chi connectivity index (χ2v) is 14.3. The lowest BCUT2D eigenvalue weighted by Gasteiger charge is -2.26. The van der Waals surface area contributed by atoms with Crippen LogP contribution in [0.15, 0.2) is 249 Å². The van der Waals surface area contributed by atoms with E-state index in [1.165, 1.54) is 4.90 Å². The molecule has 0 amide bonds. The fourth-order valence-corrected chi connectivity index (χ4v) is 7.65. The van der Waals surface area contributed by atoms with Crippen LogP contribution in [0.5, 0.6) is 0 Å². The lowest BCUT2D eigenvalue weighted by atomic mass is 9.89. The van der Waals surface area contributed by atoms with Crippen molar-refractivity contribution in [3.8, 4) is 66.8 Å². The predicted octanol–water partition coefficient (Wildman–Crippen LogP) is 16.3. The molecular weight excluding hydrogens is 711 g/mol. The van der Waals surface area contributed by atoms with E-state index >= 15 is 0 Å². The Morgan fingerprint density at radius 1 is 0.271 bits per heavy atom. The van der Waals surface area contributed by atoms with Gasteiger partial charge in [-0.3, -0.25) is 0 Å². The van der Waals surface area contributed by atoms with Crippen molar-refractivity contribution in [3.63, 3.8) is 0 Å². The van der Waals surface area contributed by atoms with E-state index in [2.05, 4.69) is 24.3 Å². The Kier molecular flexibility index (Phi) is 7.54. The smallest absolute Gasteiger partial charge is 0.0645 e. The molecule has 0 spiro atoms. The number of rotatable bonds is 9. The Balaban J connectivity index is 1.18. The van der Waals surface area contributed by atoms with Crippen molar-refractivity contribution >= 4 is 27.8 Å². The third-order valence-corrected chi connectivity index (χ3v) is 10.6. The van der Waals surface area contributed by atoms with Crippen LogP contribution in [-0.2, 0) is 0 Å². The molecule has 10 rings (SSSR count). The highest BCUT2D eigenvalue weighted by atomic mass is 15.1. The fraction of sp³-hybridized carbons (Fsp3) is 0. The van der Waals surface area contributed by atoms with Crippen molar-refractivity contribution in [2.45, 2.75) is 0 Å². The van der Waals surface area contributed by atoms with E-state index in [4.69, 9.17) is 0 Å². The molecule has 10 aromatic carbocycles. The van der Waals surface area contributed by atoms with E-state index in [1.54, 1.807) is 18.2 Å². The number of nitrogens with zero attached hydrogens (tertiary/aromatic N) is 1. The molecule has 0 aliphatic rings. The minimum absolute atomic E-state index is 0.102. The molecule has 0 aliphatic heterocycles. The number of benzene rings is 10. The first-order chi connectivity index (χ1) is 32.6. The average Bonchev–Trinajstić information content (AvgIpc) is 3.38. The standard InChI is InChI=1S/C58H41N/c1-4-13-42(14-5-1)44-23-25-45(26-24-44)46-27-34-53(35-28-46)59(54-36-29-47(30-37-54)52-21-12-20-51(41-52)43-15-6-2-7-16-43)55-38-31-50(32-39-55)58-56-22-11-10-19-49(56)33-40-57(58)48-17-8-3-9-18-48/h1-41H/i29D,30D,31D,32D,36D,37D,38D,39D. The topological polar surface area (TPSA) is 3.24 Å². The van der Waals surface area contributed by atoms with E-state index in [-0.39, 0.29) is 46.7 Å². The van der Waals surface area contributed by atoms with E-state index in [0.717, 1.165) is 55.3 Å². The maximum atomic E-state index is 9.78. The van der Waals surface area contributed by atoms with Crippen LogP contribution in [-0.4, -0.2) is 0 Å². The summed E-state index contributed by atoms with van der Waals surface area (Å²) in [7, 11) is 0. The number of hydrogen-bond donors (Lipinski definition) is 0. The van der Waals surface area contributed by atoms with Crippen LogP contribution < -0.4 is 4.90 Å². The molecule has 0 saturated heterocycles. The van der Waals surface area contributed by atoms with Crippen LogP contribution in [0.25, 0.3) is 77.5 Å². The molecule has 10 aromatic rings. The lowest BCUT2D eigenvalue weighted by molar-refractivity contribution is 1.28. The molecule has 0 aromatic heterocycles. The Labute approximate surface area is 358 Å². The van der Waals surface area contributed by atoms with Gasteiger partial charge in [-0.25, -0.2) is 0 Å². The Morgan fingerprint density at radius 3 is 1.27 bits per heavy atom. The molecule has 0 bridgehead atoms. The van der Waals surface area contributed by atoms with Gasteiger partial charge in [0.15, 0.2) is 0 Å². The molecule has 0 atom stereocenters. The van der Waals surface area contributed by atoms with Crippen LogP contribution in [0.1, 0.15) is 11.0 Å². The molecule has 0 fully saturated rings. The normalized spacial score (nSPS) is 12.9. The van der Waals surface area contributed by atoms with Gasteiger partial charge in [-0.1, -0.05) is 206 Å². The van der Waals surface area contributed by atoms with E-state index in [9.17, 15) is 11.0 Å². The monoisotopic (exact) mass is 759 g/mol. The van der Waals surface area contributed by atoms with Gasteiger partial charge in [0.05, 0.1) is 11.0 Å². The van der Waals surface area contributed by atoms with Crippen molar-refractivity contribution in [2.24, 2.45) is 0 Å². The number of hydrogen-bond acceptors (Lipinski definition) is 1. The van der Waals surface area contributed by atoms with Crippen LogP contribution in [0.2, 0.25) is 0 Å². The van der Waals surface area contributed by atoms with Crippen molar-refractivity contribution in [1.82, 2.24) is 0 Å². The first-order valence-electron chi connectivity index (χ1n) is 23.6. The molecule has 0 heterocycles. The van der Waals surface area contributed by atoms with Crippen molar-refractivity contribution in [3.05, 3.63) is 249 Å². The van der Waals surface area contributed by atoms with Crippen molar-refractivity contribution < 1.29 is 11.0 Å². The minimum Gasteiger partial charge on any atom is -0.311 e. The van der Waals surface area contributed by atoms with E-state index in [1.807, 2.05) is 158 Å². The molecular formula is C58H41N. The first kappa shape index (κ1) is 27.8. The summed E-state index contributed by atoms with van der Waals surface area (Å²) in [6.45, 7) is 0. The summed E-state index contributed by atoms with van der Waals surface area (Å²) in [5, 5.41) is 1.63. The van der Waals surface area contributed by atoms with E-state index in [0.29, 0.717) is 16.8 Å². The molecule has 0 radical (unpaired) electrons. The quantitative estimate of drug-likeness (QED) is 0.142. The molecule has 0 N–H and O–H groups in total. The summed E-state index contributed by atoms with van der Waals surface area (Å²) in [6.07, 6.45) is 0. The van der Waals surface area contributed by atoms with Crippen molar-refractivity contribution in [1.29, 1.82) is 0 Å². The van der Waals surface area contributed by atoms with Crippen molar-refractivity contribution in [2.75, 3.05) is 4.90 Å². The van der Waals surface area contributed by atoms with Crippen LogP contribution in [0.4, 0.5) is 17.1 Å². The largest absolute Gasteiger partial charge is 0.311 e. The second kappa shape index (κ2) is 16.0. The maximum absolute atomic E-state index is 9.78. The third-order valence-electron chi connectivity index (χ3n) is 10.6. The maximum Gasteiger partial charge on any atom is 0.0645 e. The van der Waals surface area contributed by atoms with Gasteiger partial charge in [-0.2, -0.15) is 0 Å². The molecule has 278 valence electrons. The molecule has 59 heavy (non-hydrogen) atoms. The summed E-state index contributed by atoms with van der Waals surface area (Å²) in [5.41, 5.74) is 8.49. The zero-order valence-electron chi connectivity index (χ0n) is 40.0.